The number of anilines is 1. The van der Waals surface area contributed by atoms with Gasteiger partial charge in [-0.05, 0) is 22.3 Å². The molecule has 1 fully saturated rings. The summed E-state index contributed by atoms with van der Waals surface area (Å²) in [7, 11) is 0. The van der Waals surface area contributed by atoms with Crippen LogP contribution in [0.5, 0.6) is 0 Å². The molecule has 13 nitrogen and oxygen atoms in total. The number of esters is 2. The van der Waals surface area contributed by atoms with Crippen LogP contribution in [0.4, 0.5) is 5.13 Å². The zero-order chi connectivity index (χ0) is 36.5. The molecule has 2 atom stereocenters. The number of oxime groups is 1. The molecule has 1 saturated heterocycles. The average molecular weight is 738 g/mol. The van der Waals surface area contributed by atoms with Gasteiger partial charge in [0.1, 0.15) is 29.4 Å². The number of rotatable bonds is 15. The zero-order valence-corrected chi connectivity index (χ0v) is 29.0. The van der Waals surface area contributed by atoms with Gasteiger partial charge < -0.3 is 24.9 Å². The molecule has 1 unspecified atom stereocenters. The molecule has 1 aromatic heterocycles. The first-order valence-electron chi connectivity index (χ1n) is 15.9. The molecule has 2 aliphatic heterocycles. The standard InChI is InChI=1S/C37H31N5O8S2/c1-2-24-20-51-35-30(34(46)42(35)31(24)36(47)50-32(25-14-8-4-9-15-25)26-16-10-5-11-17-26)40-33(45)29(27-21-52-37(39-27)38-22-43)41-49-19-28(44)48-18-23-12-6-3-7-13-23/h2-17,21-22,30,32,35H,1,18-20H2,(H,40,45)(H,38,39,43)/b41-29+/t30?,35-/m1/s1. The number of amides is 3. The van der Waals surface area contributed by atoms with E-state index < -0.39 is 47.9 Å². The maximum absolute atomic E-state index is 13.9. The summed E-state index contributed by atoms with van der Waals surface area (Å²) in [4.78, 5) is 75.2. The van der Waals surface area contributed by atoms with E-state index in [1.807, 2.05) is 78.9 Å². The van der Waals surface area contributed by atoms with Gasteiger partial charge in [-0.2, -0.15) is 0 Å². The fourth-order valence-electron chi connectivity index (χ4n) is 5.38. The minimum Gasteiger partial charge on any atom is -0.458 e. The summed E-state index contributed by atoms with van der Waals surface area (Å²) in [6, 6.07) is 26.5. The van der Waals surface area contributed by atoms with E-state index in [2.05, 4.69) is 27.4 Å². The summed E-state index contributed by atoms with van der Waals surface area (Å²) >= 11 is 2.36. The average Bonchev–Trinajstić information content (AvgIpc) is 3.65. The lowest BCUT2D eigenvalue weighted by molar-refractivity contribution is -0.154. The third-order valence-electron chi connectivity index (χ3n) is 7.88. The van der Waals surface area contributed by atoms with Gasteiger partial charge in [-0.1, -0.05) is 109 Å². The van der Waals surface area contributed by atoms with Crippen LogP contribution < -0.4 is 10.6 Å². The zero-order valence-electron chi connectivity index (χ0n) is 27.4. The Hall–Kier alpha value is -6.06. The second-order valence-electron chi connectivity index (χ2n) is 11.2. The van der Waals surface area contributed by atoms with Crippen LogP contribution in [0.3, 0.4) is 0 Å². The smallest absolute Gasteiger partial charge is 0.356 e. The molecule has 52 heavy (non-hydrogen) atoms. The van der Waals surface area contributed by atoms with Gasteiger partial charge in [0.05, 0.1) is 0 Å². The van der Waals surface area contributed by atoms with Crippen LogP contribution in [0.25, 0.3) is 0 Å². The van der Waals surface area contributed by atoms with Crippen molar-refractivity contribution in [2.24, 2.45) is 5.16 Å². The summed E-state index contributed by atoms with van der Waals surface area (Å²) < 4.78 is 11.3. The Morgan fingerprint density at radius 2 is 1.65 bits per heavy atom. The van der Waals surface area contributed by atoms with E-state index in [1.54, 1.807) is 12.1 Å². The van der Waals surface area contributed by atoms with Crippen molar-refractivity contribution in [2.75, 3.05) is 17.7 Å². The lowest BCUT2D eigenvalue weighted by atomic mass is 10.0. The summed E-state index contributed by atoms with van der Waals surface area (Å²) in [5, 5.41) is 9.91. The Kier molecular flexibility index (Phi) is 11.5. The lowest BCUT2D eigenvalue weighted by Gasteiger charge is -2.49. The Balaban J connectivity index is 1.17. The monoisotopic (exact) mass is 737 g/mol. The number of hydrogen-bond donors (Lipinski definition) is 2. The molecule has 0 saturated carbocycles. The van der Waals surface area contributed by atoms with Crippen LogP contribution in [-0.4, -0.2) is 69.5 Å². The van der Waals surface area contributed by atoms with E-state index in [9.17, 15) is 24.0 Å². The third-order valence-corrected chi connectivity index (χ3v) is 9.95. The highest BCUT2D eigenvalue weighted by atomic mass is 32.2. The first-order chi connectivity index (χ1) is 25.4. The van der Waals surface area contributed by atoms with E-state index in [-0.39, 0.29) is 28.8 Å². The van der Waals surface area contributed by atoms with Gasteiger partial charge in [-0.25, -0.2) is 14.6 Å². The number of β-lactam (4-membered cyclic amide) rings is 1. The molecule has 3 heterocycles. The van der Waals surface area contributed by atoms with Crippen molar-refractivity contribution < 1.29 is 38.3 Å². The normalized spacial score (nSPS) is 16.7. The van der Waals surface area contributed by atoms with Gasteiger partial charge in [0.25, 0.3) is 11.8 Å². The molecule has 15 heteroatoms. The number of carbonyl (C=O) groups is 5. The number of benzene rings is 3. The number of nitrogens with one attached hydrogen (secondary N) is 2. The second-order valence-corrected chi connectivity index (χ2v) is 13.2. The van der Waals surface area contributed by atoms with E-state index >= 15 is 0 Å². The Bertz CT molecular complexity index is 1980. The van der Waals surface area contributed by atoms with Crippen molar-refractivity contribution in [3.63, 3.8) is 0 Å². The number of nitrogens with zero attached hydrogens (tertiary/aromatic N) is 3. The summed E-state index contributed by atoms with van der Waals surface area (Å²) in [5.74, 6) is -2.53. The number of carbonyl (C=O) groups excluding carboxylic acids is 5. The number of allylic oxidation sites excluding steroid dienone is 1. The van der Waals surface area contributed by atoms with Crippen LogP contribution in [0.2, 0.25) is 0 Å². The quantitative estimate of drug-likeness (QED) is 0.0589. The molecule has 264 valence electrons. The number of ether oxygens (including phenoxy) is 2. The maximum Gasteiger partial charge on any atom is 0.356 e. The second kappa shape index (κ2) is 16.8. The minimum atomic E-state index is -1.06. The van der Waals surface area contributed by atoms with E-state index in [4.69, 9.17) is 14.3 Å². The van der Waals surface area contributed by atoms with Gasteiger partial charge in [0.15, 0.2) is 16.9 Å². The lowest BCUT2D eigenvalue weighted by Crippen LogP contribution is -2.71. The number of hydrogen-bond acceptors (Lipinski definition) is 12. The largest absolute Gasteiger partial charge is 0.458 e. The van der Waals surface area contributed by atoms with Crippen LogP contribution in [0.15, 0.2) is 125 Å². The topological polar surface area (TPSA) is 166 Å². The first kappa shape index (κ1) is 35.8. The molecular formula is C37H31N5O8S2. The number of thiazole rings is 1. The molecule has 3 aromatic carbocycles. The molecular weight excluding hydrogens is 707 g/mol. The molecule has 0 spiro atoms. The molecule has 3 amide bonds. The molecule has 4 aromatic rings. The maximum atomic E-state index is 13.9. The molecule has 6 rings (SSSR count). The highest BCUT2D eigenvalue weighted by molar-refractivity contribution is 8.00. The summed E-state index contributed by atoms with van der Waals surface area (Å²) in [6.45, 7) is 3.25. The van der Waals surface area contributed by atoms with Gasteiger partial charge in [-0.3, -0.25) is 19.3 Å². The molecule has 2 aliphatic rings. The van der Waals surface area contributed by atoms with Crippen molar-refractivity contribution in [1.82, 2.24) is 15.2 Å². The van der Waals surface area contributed by atoms with Gasteiger partial charge >= 0.3 is 11.9 Å². The first-order valence-corrected chi connectivity index (χ1v) is 17.8. The van der Waals surface area contributed by atoms with Crippen LogP contribution in [0, 0.1) is 0 Å². The molecule has 2 N–H and O–H groups in total. The van der Waals surface area contributed by atoms with Crippen LogP contribution in [-0.2, 0) is 44.9 Å². The highest BCUT2D eigenvalue weighted by Crippen LogP contribution is 2.42. The fraction of sp³-hybridized carbons (Fsp3) is 0.162. The van der Waals surface area contributed by atoms with Crippen molar-refractivity contribution in [2.45, 2.75) is 24.1 Å². The van der Waals surface area contributed by atoms with Gasteiger partial charge in [-0.15, -0.1) is 23.1 Å². The number of fused-ring (bicyclic) bond motifs is 1. The fourth-order valence-corrected chi connectivity index (χ4v) is 7.37. The van der Waals surface area contributed by atoms with E-state index in [0.717, 1.165) is 28.0 Å². The van der Waals surface area contributed by atoms with Gasteiger partial charge in [0.2, 0.25) is 13.0 Å². The molecule has 0 aliphatic carbocycles. The minimum absolute atomic E-state index is 0.0168. The number of thioether (sulfide) groups is 1. The predicted octanol–water partition coefficient (Wildman–Crippen LogP) is 4.35. The van der Waals surface area contributed by atoms with Crippen molar-refractivity contribution in [3.8, 4) is 0 Å². The van der Waals surface area contributed by atoms with Crippen molar-refractivity contribution >= 4 is 64.1 Å². The molecule has 0 bridgehead atoms. The summed E-state index contributed by atoms with van der Waals surface area (Å²) in [6.07, 6.45) is 1.19. The Morgan fingerprint density at radius 3 is 2.29 bits per heavy atom. The summed E-state index contributed by atoms with van der Waals surface area (Å²) in [5.41, 5.74) is 2.49. The van der Waals surface area contributed by atoms with E-state index in [0.29, 0.717) is 17.7 Å². The third kappa shape index (κ3) is 8.11. The Labute approximate surface area is 306 Å². The van der Waals surface area contributed by atoms with Gasteiger partial charge in [0, 0.05) is 11.1 Å². The Morgan fingerprint density at radius 1 is 1.00 bits per heavy atom. The predicted molar refractivity (Wildman–Crippen MR) is 194 cm³/mol. The van der Waals surface area contributed by atoms with Crippen molar-refractivity contribution in [1.29, 1.82) is 0 Å². The number of aromatic nitrogens is 1. The van der Waals surface area contributed by atoms with Crippen LogP contribution >= 0.6 is 23.1 Å². The van der Waals surface area contributed by atoms with E-state index in [1.165, 1.54) is 28.1 Å². The molecule has 0 radical (unpaired) electrons. The van der Waals surface area contributed by atoms with Crippen molar-refractivity contribution in [3.05, 3.63) is 143 Å². The highest BCUT2D eigenvalue weighted by Gasteiger charge is 2.54. The van der Waals surface area contributed by atoms with Crippen LogP contribution in [0.1, 0.15) is 28.5 Å². The SMILES string of the molecule is C=CC1=C(C(=O)OC(c2ccccc2)c2ccccc2)N2C(=O)C(NC(=O)/C(=N/OCC(=O)OCc3ccccc3)c3csc(NC=O)n3)[C@H]2SC1.